The smallest absolute Gasteiger partial charge is 0.312 e. The molecule has 0 aliphatic carbocycles. The van der Waals surface area contributed by atoms with E-state index >= 15 is 0 Å². The summed E-state index contributed by atoms with van der Waals surface area (Å²) in [5.41, 5.74) is 5.96. The molecule has 0 aromatic carbocycles. The lowest BCUT2D eigenvalue weighted by molar-refractivity contribution is 0.249. The number of primary amides is 1. The van der Waals surface area contributed by atoms with E-state index in [0.29, 0.717) is 6.54 Å². The van der Waals surface area contributed by atoms with Crippen LogP contribution in [0.15, 0.2) is 23.9 Å². The summed E-state index contributed by atoms with van der Waals surface area (Å²) in [5.74, 6) is 0. The van der Waals surface area contributed by atoms with E-state index in [4.69, 9.17) is 5.73 Å². The van der Waals surface area contributed by atoms with Crippen LogP contribution in [0.25, 0.3) is 0 Å². The van der Waals surface area contributed by atoms with Crippen LogP contribution in [0.4, 0.5) is 4.79 Å². The minimum Gasteiger partial charge on any atom is -0.387 e. The highest BCUT2D eigenvalue weighted by Crippen LogP contribution is 1.96. The third-order valence-corrected chi connectivity index (χ3v) is 1.36. The maximum Gasteiger partial charge on any atom is 0.312 e. The van der Waals surface area contributed by atoms with Crippen LogP contribution in [-0.2, 0) is 0 Å². The summed E-state index contributed by atoms with van der Waals surface area (Å²) >= 11 is 0. The third kappa shape index (κ3) is 2.75. The van der Waals surface area contributed by atoms with Gasteiger partial charge in [0.1, 0.15) is 0 Å². The monoisotopic (exact) mass is 153 g/mol. The number of hydrogen-bond donors (Lipinski definition) is 3. The van der Waals surface area contributed by atoms with Crippen LogP contribution in [0.5, 0.6) is 0 Å². The Kier molecular flexibility index (Phi) is 2.54. The van der Waals surface area contributed by atoms with Crippen LogP contribution in [0.3, 0.4) is 0 Å². The Balaban J connectivity index is 2.31. The van der Waals surface area contributed by atoms with Crippen molar-refractivity contribution in [2.24, 2.45) is 5.73 Å². The zero-order valence-electron chi connectivity index (χ0n) is 6.13. The molecular weight excluding hydrogens is 142 g/mol. The lowest BCUT2D eigenvalue weighted by Crippen LogP contribution is -2.31. The molecule has 0 aromatic heterocycles. The molecule has 1 heterocycles. The maximum absolute atomic E-state index is 10.3. The number of urea groups is 1. The lowest BCUT2D eigenvalue weighted by Gasteiger charge is -2.07. The van der Waals surface area contributed by atoms with Gasteiger partial charge in [0.2, 0.25) is 0 Å². The molecule has 0 radical (unpaired) electrons. The predicted octanol–water partition coefficient (Wildman–Crippen LogP) is -0.302. The molecule has 0 aromatic rings. The Morgan fingerprint density at radius 1 is 1.82 bits per heavy atom. The first-order valence-corrected chi connectivity index (χ1v) is 3.41. The van der Waals surface area contributed by atoms with Gasteiger partial charge >= 0.3 is 6.03 Å². The number of nitrogens with two attached hydrogens (primary N) is 1. The number of carbonyl (C=O) groups excluding carboxylic acids is 1. The number of hydrogen-bond acceptors (Lipinski definition) is 2. The van der Waals surface area contributed by atoms with Gasteiger partial charge in [-0.25, -0.2) is 4.79 Å². The molecular formula is C7H11N3O. The van der Waals surface area contributed by atoms with E-state index in [-0.39, 0.29) is 0 Å². The first kappa shape index (κ1) is 7.65. The van der Waals surface area contributed by atoms with Crippen molar-refractivity contribution in [1.82, 2.24) is 10.6 Å². The Labute approximate surface area is 65.1 Å². The minimum atomic E-state index is -0.488. The predicted molar refractivity (Wildman–Crippen MR) is 42.8 cm³/mol. The van der Waals surface area contributed by atoms with Crippen molar-refractivity contribution < 1.29 is 4.79 Å². The summed E-state index contributed by atoms with van der Waals surface area (Å²) in [6.07, 6.45) is 5.74. The van der Waals surface area contributed by atoms with Gasteiger partial charge in [-0.1, -0.05) is 6.08 Å². The van der Waals surface area contributed by atoms with E-state index in [1.807, 2.05) is 18.4 Å². The van der Waals surface area contributed by atoms with Gasteiger partial charge in [0.05, 0.1) is 0 Å². The average molecular weight is 153 g/mol. The van der Waals surface area contributed by atoms with Crippen LogP contribution in [0, 0.1) is 0 Å². The van der Waals surface area contributed by atoms with E-state index in [1.165, 1.54) is 0 Å². The van der Waals surface area contributed by atoms with Gasteiger partial charge in [0.25, 0.3) is 0 Å². The van der Waals surface area contributed by atoms with E-state index < -0.39 is 6.03 Å². The third-order valence-electron chi connectivity index (χ3n) is 1.36. The molecule has 1 aliphatic rings. The largest absolute Gasteiger partial charge is 0.387 e. The van der Waals surface area contributed by atoms with E-state index in [9.17, 15) is 4.79 Å². The molecule has 0 saturated heterocycles. The fourth-order valence-electron chi connectivity index (χ4n) is 0.812. The van der Waals surface area contributed by atoms with Crippen molar-refractivity contribution in [2.45, 2.75) is 0 Å². The van der Waals surface area contributed by atoms with Crippen molar-refractivity contribution in [2.75, 3.05) is 13.1 Å². The molecule has 1 aliphatic heterocycles. The van der Waals surface area contributed by atoms with Gasteiger partial charge < -0.3 is 16.4 Å². The molecule has 4 N–H and O–H groups in total. The fourth-order valence-corrected chi connectivity index (χ4v) is 0.812. The molecule has 0 saturated carbocycles. The summed E-state index contributed by atoms with van der Waals surface area (Å²) in [6.45, 7) is 1.32. The topological polar surface area (TPSA) is 67.2 Å². The van der Waals surface area contributed by atoms with Gasteiger partial charge in [-0.2, -0.15) is 0 Å². The highest BCUT2D eigenvalue weighted by Gasteiger charge is 1.96. The molecule has 0 bridgehead atoms. The lowest BCUT2D eigenvalue weighted by atomic mass is 10.2. The molecule has 0 atom stereocenters. The zero-order valence-corrected chi connectivity index (χ0v) is 6.13. The summed E-state index contributed by atoms with van der Waals surface area (Å²) in [7, 11) is 0. The van der Waals surface area contributed by atoms with Crippen molar-refractivity contribution >= 4 is 6.03 Å². The minimum absolute atomic E-state index is 0.488. The second kappa shape index (κ2) is 3.65. The van der Waals surface area contributed by atoms with Crippen molar-refractivity contribution in [3.63, 3.8) is 0 Å². The highest BCUT2D eigenvalue weighted by atomic mass is 16.2. The van der Waals surface area contributed by atoms with Crippen LogP contribution in [0.2, 0.25) is 0 Å². The maximum atomic E-state index is 10.3. The molecule has 4 nitrogen and oxygen atoms in total. The first-order chi connectivity index (χ1) is 5.29. The van der Waals surface area contributed by atoms with E-state index in [2.05, 4.69) is 10.6 Å². The molecule has 60 valence electrons. The van der Waals surface area contributed by atoms with Crippen LogP contribution in [-0.4, -0.2) is 19.1 Å². The van der Waals surface area contributed by atoms with Crippen LogP contribution in [0.1, 0.15) is 0 Å². The Bertz CT molecular complexity index is 208. The number of rotatable bonds is 2. The van der Waals surface area contributed by atoms with Gasteiger partial charge in [-0.15, -0.1) is 0 Å². The van der Waals surface area contributed by atoms with Gasteiger partial charge in [0.15, 0.2) is 0 Å². The number of amides is 2. The van der Waals surface area contributed by atoms with Gasteiger partial charge in [0, 0.05) is 13.1 Å². The van der Waals surface area contributed by atoms with E-state index in [0.717, 1.165) is 12.1 Å². The molecule has 0 fully saturated rings. The quantitative estimate of drug-likeness (QED) is 0.509. The Morgan fingerprint density at radius 3 is 3.18 bits per heavy atom. The zero-order chi connectivity index (χ0) is 8.10. The first-order valence-electron chi connectivity index (χ1n) is 3.41. The number of dihydropyridines is 1. The highest BCUT2D eigenvalue weighted by molar-refractivity contribution is 5.72. The fraction of sp³-hybridized carbons (Fsp3) is 0.286. The van der Waals surface area contributed by atoms with Crippen molar-refractivity contribution in [3.05, 3.63) is 23.9 Å². The summed E-state index contributed by atoms with van der Waals surface area (Å²) in [4.78, 5) is 10.3. The molecule has 0 unspecified atom stereocenters. The normalized spacial score (nSPS) is 15.1. The van der Waals surface area contributed by atoms with E-state index in [1.54, 1.807) is 0 Å². The molecule has 4 heteroatoms. The molecule has 11 heavy (non-hydrogen) atoms. The summed E-state index contributed by atoms with van der Waals surface area (Å²) in [6, 6.07) is -0.488. The standard InChI is InChI=1S/C7H11N3O/c8-7(11)10-5-6-1-3-9-4-2-6/h1-3,9H,4-5H2,(H3,8,10,11). The average Bonchev–Trinajstić information content (AvgIpc) is 2.03. The second-order valence-corrected chi connectivity index (χ2v) is 2.24. The SMILES string of the molecule is NC(=O)NCC1=CCNC=C1. The van der Waals surface area contributed by atoms with Gasteiger partial charge in [-0.05, 0) is 17.8 Å². The molecule has 1 rings (SSSR count). The Hall–Kier alpha value is -1.45. The Morgan fingerprint density at radius 2 is 2.64 bits per heavy atom. The van der Waals surface area contributed by atoms with Gasteiger partial charge in [-0.3, -0.25) is 0 Å². The van der Waals surface area contributed by atoms with Crippen LogP contribution < -0.4 is 16.4 Å². The second-order valence-electron chi connectivity index (χ2n) is 2.24. The van der Waals surface area contributed by atoms with Crippen LogP contribution >= 0.6 is 0 Å². The number of carbonyl (C=O) groups is 1. The summed E-state index contributed by atoms with van der Waals surface area (Å²) < 4.78 is 0. The molecule has 0 spiro atoms. The summed E-state index contributed by atoms with van der Waals surface area (Å²) in [5, 5.41) is 5.51. The van der Waals surface area contributed by atoms with Crippen molar-refractivity contribution in [3.8, 4) is 0 Å². The van der Waals surface area contributed by atoms with Crippen molar-refractivity contribution in [1.29, 1.82) is 0 Å². The molecule has 2 amide bonds. The number of nitrogens with one attached hydrogen (secondary N) is 2.